The van der Waals surface area contributed by atoms with E-state index in [-0.39, 0.29) is 24.4 Å². The summed E-state index contributed by atoms with van der Waals surface area (Å²) in [7, 11) is 0. The molecule has 168 valence electrons. The first-order chi connectivity index (χ1) is 14.6. The zero-order valence-electron chi connectivity index (χ0n) is 18.4. The Kier molecular flexibility index (Phi) is 7.15. The number of rotatable bonds is 4. The smallest absolute Gasteiger partial charge is 0.410 e. The molecule has 0 radical (unpaired) electrons. The van der Waals surface area contributed by atoms with Crippen LogP contribution >= 0.6 is 11.6 Å². The van der Waals surface area contributed by atoms with Gasteiger partial charge < -0.3 is 23.7 Å². The predicted molar refractivity (Wildman–Crippen MR) is 118 cm³/mol. The van der Waals surface area contributed by atoms with Gasteiger partial charge in [0.25, 0.3) is 5.91 Å². The number of hydrogen-bond acceptors (Lipinski definition) is 5. The second-order valence-electron chi connectivity index (χ2n) is 8.58. The Morgan fingerprint density at radius 1 is 1.06 bits per heavy atom. The molecule has 1 aliphatic heterocycles. The number of hydrogen-bond donors (Lipinski definition) is 0. The lowest BCUT2D eigenvalue weighted by Gasteiger charge is -2.26. The molecular weight excluding hydrogens is 420 g/mol. The Morgan fingerprint density at radius 3 is 2.48 bits per heavy atom. The lowest BCUT2D eigenvalue weighted by Crippen LogP contribution is -2.40. The van der Waals surface area contributed by atoms with Crippen molar-refractivity contribution in [2.24, 2.45) is 0 Å². The average molecular weight is 449 g/mol. The van der Waals surface area contributed by atoms with Gasteiger partial charge in [0.15, 0.2) is 5.76 Å². The van der Waals surface area contributed by atoms with Crippen molar-refractivity contribution in [3.63, 3.8) is 0 Å². The van der Waals surface area contributed by atoms with E-state index >= 15 is 0 Å². The highest BCUT2D eigenvalue weighted by molar-refractivity contribution is 6.31. The Bertz CT molecular complexity index is 934. The number of aryl methyl sites for hydroxylation is 1. The molecule has 2 amide bonds. The van der Waals surface area contributed by atoms with E-state index in [0.717, 1.165) is 5.56 Å². The van der Waals surface area contributed by atoms with Crippen molar-refractivity contribution in [2.75, 3.05) is 26.2 Å². The molecular formula is C23H29ClN2O5. The van der Waals surface area contributed by atoms with Crippen LogP contribution in [0, 0.1) is 6.92 Å². The fraction of sp³-hybridized carbons (Fsp3) is 0.478. The highest BCUT2D eigenvalue weighted by atomic mass is 35.5. The fourth-order valence-electron chi connectivity index (χ4n) is 3.22. The van der Waals surface area contributed by atoms with Crippen LogP contribution in [0.3, 0.4) is 0 Å². The van der Waals surface area contributed by atoms with Crippen molar-refractivity contribution >= 4 is 23.6 Å². The summed E-state index contributed by atoms with van der Waals surface area (Å²) in [6, 6.07) is 8.82. The molecule has 1 fully saturated rings. The number of benzene rings is 1. The van der Waals surface area contributed by atoms with Gasteiger partial charge in [0, 0.05) is 31.2 Å². The Balaban J connectivity index is 1.55. The van der Waals surface area contributed by atoms with Gasteiger partial charge in [-0.1, -0.05) is 11.6 Å². The van der Waals surface area contributed by atoms with Crippen LogP contribution in [0.5, 0.6) is 5.75 Å². The summed E-state index contributed by atoms with van der Waals surface area (Å²) >= 11 is 6.03. The van der Waals surface area contributed by atoms with Gasteiger partial charge in [0.1, 0.15) is 23.7 Å². The zero-order chi connectivity index (χ0) is 22.6. The van der Waals surface area contributed by atoms with E-state index in [2.05, 4.69) is 0 Å². The van der Waals surface area contributed by atoms with Gasteiger partial charge in [-0.05, 0) is 70.0 Å². The molecule has 1 aromatic carbocycles. The van der Waals surface area contributed by atoms with E-state index in [9.17, 15) is 9.59 Å². The van der Waals surface area contributed by atoms with Crippen molar-refractivity contribution in [3.05, 3.63) is 52.4 Å². The van der Waals surface area contributed by atoms with Crippen LogP contribution in [-0.4, -0.2) is 53.6 Å². The lowest BCUT2D eigenvalue weighted by molar-refractivity contribution is 0.0255. The fourth-order valence-corrected chi connectivity index (χ4v) is 3.33. The third kappa shape index (κ3) is 6.40. The van der Waals surface area contributed by atoms with E-state index in [1.54, 1.807) is 34.1 Å². The molecule has 31 heavy (non-hydrogen) atoms. The van der Waals surface area contributed by atoms with E-state index in [0.29, 0.717) is 49.1 Å². The molecule has 2 heterocycles. The van der Waals surface area contributed by atoms with Crippen molar-refractivity contribution in [2.45, 2.75) is 46.3 Å². The van der Waals surface area contributed by atoms with E-state index in [1.807, 2.05) is 33.8 Å². The molecule has 0 saturated carbocycles. The molecule has 8 heteroatoms. The molecule has 0 atom stereocenters. The summed E-state index contributed by atoms with van der Waals surface area (Å²) in [5.74, 6) is 1.30. The summed E-state index contributed by atoms with van der Waals surface area (Å²) in [6.45, 7) is 9.58. The minimum atomic E-state index is -0.545. The van der Waals surface area contributed by atoms with Gasteiger partial charge in [0.05, 0.1) is 0 Å². The van der Waals surface area contributed by atoms with Crippen molar-refractivity contribution in [3.8, 4) is 5.75 Å². The largest absolute Gasteiger partial charge is 0.486 e. The highest BCUT2D eigenvalue weighted by Gasteiger charge is 2.27. The first kappa shape index (κ1) is 23.0. The van der Waals surface area contributed by atoms with Gasteiger partial charge in [-0.25, -0.2) is 4.79 Å². The van der Waals surface area contributed by atoms with Gasteiger partial charge >= 0.3 is 6.09 Å². The summed E-state index contributed by atoms with van der Waals surface area (Å²) in [6.07, 6.45) is 0.328. The van der Waals surface area contributed by atoms with E-state index in [1.165, 1.54) is 0 Å². The minimum Gasteiger partial charge on any atom is -0.486 e. The maximum absolute atomic E-state index is 12.9. The van der Waals surface area contributed by atoms with Crippen LogP contribution in [0.1, 0.15) is 49.1 Å². The summed E-state index contributed by atoms with van der Waals surface area (Å²) < 4.78 is 16.9. The van der Waals surface area contributed by atoms with Crippen LogP contribution in [0.25, 0.3) is 0 Å². The number of nitrogens with zero attached hydrogens (tertiary/aromatic N) is 2. The molecule has 0 unspecified atom stereocenters. The number of halogens is 1. The zero-order valence-corrected chi connectivity index (χ0v) is 19.2. The summed E-state index contributed by atoms with van der Waals surface area (Å²) in [5, 5.41) is 0.681. The van der Waals surface area contributed by atoms with E-state index < -0.39 is 5.60 Å². The molecule has 0 aliphatic carbocycles. The maximum Gasteiger partial charge on any atom is 0.410 e. The number of carbonyl (C=O) groups excluding carboxylic acids is 2. The molecule has 0 spiro atoms. The van der Waals surface area contributed by atoms with Crippen LogP contribution in [0.2, 0.25) is 5.02 Å². The van der Waals surface area contributed by atoms with Crippen LogP contribution in [-0.2, 0) is 11.3 Å². The first-order valence-electron chi connectivity index (χ1n) is 10.4. The number of ether oxygens (including phenoxy) is 2. The third-order valence-electron chi connectivity index (χ3n) is 4.82. The molecule has 0 N–H and O–H groups in total. The maximum atomic E-state index is 12.9. The average Bonchev–Trinajstić information content (AvgIpc) is 3.02. The van der Waals surface area contributed by atoms with Gasteiger partial charge in [-0.15, -0.1) is 0 Å². The third-order valence-corrected chi connectivity index (χ3v) is 5.24. The van der Waals surface area contributed by atoms with Gasteiger partial charge in [-0.2, -0.15) is 0 Å². The standard InChI is InChI=1S/C23H29ClN2O5/c1-16-14-17(6-8-19(16)24)29-15-18-7-9-20(30-18)21(27)25-10-5-11-26(13-12-25)22(28)31-23(2,3)4/h6-9,14H,5,10-13,15H2,1-4H3. The first-order valence-corrected chi connectivity index (χ1v) is 10.7. The Hall–Kier alpha value is -2.67. The molecule has 1 saturated heterocycles. The van der Waals surface area contributed by atoms with Crippen LogP contribution < -0.4 is 4.74 Å². The van der Waals surface area contributed by atoms with Crippen LogP contribution in [0.15, 0.2) is 34.7 Å². The number of furan rings is 1. The summed E-state index contributed by atoms with van der Waals surface area (Å²) in [4.78, 5) is 28.5. The molecule has 1 aromatic heterocycles. The molecule has 3 rings (SSSR count). The number of amides is 2. The van der Waals surface area contributed by atoms with Crippen molar-refractivity contribution in [1.82, 2.24) is 9.80 Å². The normalized spacial score (nSPS) is 14.9. The predicted octanol–water partition coefficient (Wildman–Crippen LogP) is 4.90. The number of carbonyl (C=O) groups is 2. The molecule has 2 aromatic rings. The van der Waals surface area contributed by atoms with Crippen molar-refractivity contribution in [1.29, 1.82) is 0 Å². The van der Waals surface area contributed by atoms with Crippen LogP contribution in [0.4, 0.5) is 4.79 Å². The molecule has 7 nitrogen and oxygen atoms in total. The monoisotopic (exact) mass is 448 g/mol. The molecule has 1 aliphatic rings. The second kappa shape index (κ2) is 9.64. The highest BCUT2D eigenvalue weighted by Crippen LogP contribution is 2.22. The Labute approximate surface area is 187 Å². The quantitative estimate of drug-likeness (QED) is 0.664. The van der Waals surface area contributed by atoms with Gasteiger partial charge in [0.2, 0.25) is 0 Å². The van der Waals surface area contributed by atoms with Crippen molar-refractivity contribution < 1.29 is 23.5 Å². The van der Waals surface area contributed by atoms with E-state index in [4.69, 9.17) is 25.5 Å². The Morgan fingerprint density at radius 2 is 1.77 bits per heavy atom. The van der Waals surface area contributed by atoms with Gasteiger partial charge in [-0.3, -0.25) is 4.79 Å². The SMILES string of the molecule is Cc1cc(OCc2ccc(C(=O)N3CCCN(C(=O)OC(C)(C)C)CC3)o2)ccc1Cl. The minimum absolute atomic E-state index is 0.195. The lowest BCUT2D eigenvalue weighted by atomic mass is 10.2. The second-order valence-corrected chi connectivity index (χ2v) is 8.99. The summed E-state index contributed by atoms with van der Waals surface area (Å²) in [5.41, 5.74) is 0.382. The molecule has 0 bridgehead atoms. The topological polar surface area (TPSA) is 72.2 Å².